The second-order valence-corrected chi connectivity index (χ2v) is 8.49. The highest BCUT2D eigenvalue weighted by atomic mass is 35.5. The Labute approximate surface area is 144 Å². The molecule has 0 aliphatic heterocycles. The second-order valence-electron chi connectivity index (χ2n) is 5.13. The van der Waals surface area contributed by atoms with E-state index in [1.807, 2.05) is 25.1 Å². The third-order valence-electron chi connectivity index (χ3n) is 3.25. The maximum atomic E-state index is 11.9. The molecule has 0 atom stereocenters. The number of primary sulfonamides is 1. The number of carbonyl (C=O) groups excluding carboxylic acids is 1. The van der Waals surface area contributed by atoms with E-state index in [0.29, 0.717) is 17.9 Å². The third-order valence-corrected chi connectivity index (χ3v) is 6.19. The zero-order chi connectivity index (χ0) is 17.0. The number of amides is 1. The van der Waals surface area contributed by atoms with Crippen molar-refractivity contribution in [1.29, 1.82) is 0 Å². The molecule has 2 rings (SSSR count). The van der Waals surface area contributed by atoms with Gasteiger partial charge in [-0.1, -0.05) is 23.7 Å². The van der Waals surface area contributed by atoms with Crippen LogP contribution < -0.4 is 10.5 Å². The Morgan fingerprint density at radius 3 is 2.65 bits per heavy atom. The Balaban J connectivity index is 1.83. The molecule has 0 aliphatic rings. The number of rotatable bonds is 6. The Kier molecular flexibility index (Phi) is 5.80. The predicted octanol–water partition coefficient (Wildman–Crippen LogP) is 2.61. The summed E-state index contributed by atoms with van der Waals surface area (Å²) in [6.07, 6.45) is 0.936. The highest BCUT2D eigenvalue weighted by Gasteiger charge is 2.11. The minimum absolute atomic E-state index is 0.0936. The van der Waals surface area contributed by atoms with E-state index in [2.05, 4.69) is 5.32 Å². The average molecular weight is 373 g/mol. The fraction of sp³-hybridized carbons (Fsp3) is 0.267. The number of hydrogen-bond acceptors (Lipinski definition) is 4. The molecule has 23 heavy (non-hydrogen) atoms. The summed E-state index contributed by atoms with van der Waals surface area (Å²) in [4.78, 5) is 12.6. The molecule has 2 aromatic rings. The van der Waals surface area contributed by atoms with Crippen LogP contribution in [0.2, 0.25) is 5.02 Å². The molecule has 8 heteroatoms. The molecule has 124 valence electrons. The first kappa shape index (κ1) is 17.9. The number of aryl methyl sites for hydroxylation is 2. The third kappa shape index (κ3) is 5.31. The van der Waals surface area contributed by atoms with Gasteiger partial charge in [-0.15, -0.1) is 11.3 Å². The number of thiophene rings is 1. The zero-order valence-electron chi connectivity index (χ0n) is 12.5. The van der Waals surface area contributed by atoms with E-state index in [-0.39, 0.29) is 16.7 Å². The Bertz CT molecular complexity index is 816. The summed E-state index contributed by atoms with van der Waals surface area (Å²) in [6, 6.07) is 8.82. The van der Waals surface area contributed by atoms with Crippen LogP contribution in [0.5, 0.6) is 0 Å². The quantitative estimate of drug-likeness (QED) is 0.816. The van der Waals surface area contributed by atoms with Crippen LogP contribution >= 0.6 is 22.9 Å². The van der Waals surface area contributed by atoms with Gasteiger partial charge in [0, 0.05) is 16.3 Å². The standard InChI is InChI=1S/C15H17ClN2O3S2/c1-10-2-3-11(8-13(10)16)4-6-14(19)18-9-12-5-7-15(22-12)23(17,20)21/h2-3,5,7-8H,4,6,9H2,1H3,(H,18,19)(H2,17,20,21). The van der Waals surface area contributed by atoms with Gasteiger partial charge in [0.25, 0.3) is 0 Å². The van der Waals surface area contributed by atoms with Gasteiger partial charge in [0.15, 0.2) is 0 Å². The van der Waals surface area contributed by atoms with Crippen LogP contribution in [0.15, 0.2) is 34.5 Å². The van der Waals surface area contributed by atoms with Gasteiger partial charge in [0.1, 0.15) is 4.21 Å². The van der Waals surface area contributed by atoms with E-state index in [0.717, 1.165) is 27.3 Å². The highest BCUT2D eigenvalue weighted by Crippen LogP contribution is 2.20. The first-order chi connectivity index (χ1) is 10.8. The number of nitrogens with one attached hydrogen (secondary N) is 1. The molecule has 0 unspecified atom stereocenters. The van der Waals surface area contributed by atoms with E-state index in [9.17, 15) is 13.2 Å². The molecule has 1 heterocycles. The van der Waals surface area contributed by atoms with Crippen LogP contribution in [0.25, 0.3) is 0 Å². The molecular formula is C15H17ClN2O3S2. The molecule has 1 aromatic heterocycles. The number of sulfonamides is 1. The van der Waals surface area contributed by atoms with Gasteiger partial charge in [-0.2, -0.15) is 0 Å². The van der Waals surface area contributed by atoms with E-state index >= 15 is 0 Å². The summed E-state index contributed by atoms with van der Waals surface area (Å²) in [5.74, 6) is -0.104. The van der Waals surface area contributed by atoms with Crippen LogP contribution in [0.1, 0.15) is 22.4 Å². The Morgan fingerprint density at radius 1 is 1.30 bits per heavy atom. The van der Waals surface area contributed by atoms with Crippen molar-refractivity contribution in [2.45, 2.75) is 30.5 Å². The topological polar surface area (TPSA) is 89.3 Å². The number of hydrogen-bond donors (Lipinski definition) is 2. The maximum absolute atomic E-state index is 11.9. The molecule has 0 radical (unpaired) electrons. The minimum Gasteiger partial charge on any atom is -0.351 e. The van der Waals surface area contributed by atoms with E-state index in [1.54, 1.807) is 6.07 Å². The van der Waals surface area contributed by atoms with Crippen molar-refractivity contribution >= 4 is 38.9 Å². The second kappa shape index (κ2) is 7.44. The number of nitrogens with two attached hydrogens (primary N) is 1. The molecule has 5 nitrogen and oxygen atoms in total. The zero-order valence-corrected chi connectivity index (χ0v) is 14.9. The first-order valence-corrected chi connectivity index (χ1v) is 9.63. The summed E-state index contributed by atoms with van der Waals surface area (Å²) in [5, 5.41) is 8.50. The molecule has 1 amide bonds. The summed E-state index contributed by atoms with van der Waals surface area (Å²) >= 11 is 7.11. The summed E-state index contributed by atoms with van der Waals surface area (Å²) < 4.78 is 22.5. The molecule has 0 spiro atoms. The largest absolute Gasteiger partial charge is 0.351 e. The van der Waals surface area contributed by atoms with Crippen molar-refractivity contribution < 1.29 is 13.2 Å². The van der Waals surface area contributed by atoms with Gasteiger partial charge in [0.05, 0.1) is 6.54 Å². The van der Waals surface area contributed by atoms with Crippen molar-refractivity contribution in [1.82, 2.24) is 5.32 Å². The Hall–Kier alpha value is -1.41. The summed E-state index contributed by atoms with van der Waals surface area (Å²) in [7, 11) is -3.68. The smallest absolute Gasteiger partial charge is 0.247 e. The van der Waals surface area contributed by atoms with Crippen LogP contribution in [0.4, 0.5) is 0 Å². The summed E-state index contributed by atoms with van der Waals surface area (Å²) in [6.45, 7) is 2.21. The predicted molar refractivity (Wildman–Crippen MR) is 92.0 cm³/mol. The number of carbonyl (C=O) groups is 1. The maximum Gasteiger partial charge on any atom is 0.247 e. The van der Waals surface area contributed by atoms with Gasteiger partial charge < -0.3 is 5.32 Å². The Morgan fingerprint density at radius 2 is 2.04 bits per heavy atom. The van der Waals surface area contributed by atoms with Crippen molar-refractivity contribution in [2.75, 3.05) is 0 Å². The molecule has 0 saturated heterocycles. The van der Waals surface area contributed by atoms with Crippen molar-refractivity contribution in [3.8, 4) is 0 Å². The fourth-order valence-corrected chi connectivity index (χ4v) is 3.85. The SMILES string of the molecule is Cc1ccc(CCC(=O)NCc2ccc(S(N)(=O)=O)s2)cc1Cl. The van der Waals surface area contributed by atoms with Crippen molar-refractivity contribution in [3.63, 3.8) is 0 Å². The number of halogens is 1. The lowest BCUT2D eigenvalue weighted by Crippen LogP contribution is -2.22. The van der Waals surface area contributed by atoms with E-state index in [1.165, 1.54) is 6.07 Å². The molecular weight excluding hydrogens is 356 g/mol. The summed E-state index contributed by atoms with van der Waals surface area (Å²) in [5.41, 5.74) is 2.01. The van der Waals surface area contributed by atoms with Crippen LogP contribution in [0.3, 0.4) is 0 Å². The van der Waals surface area contributed by atoms with E-state index in [4.69, 9.17) is 16.7 Å². The average Bonchev–Trinajstić information content (AvgIpc) is 2.95. The van der Waals surface area contributed by atoms with Gasteiger partial charge in [-0.05, 0) is 42.7 Å². The lowest BCUT2D eigenvalue weighted by Gasteiger charge is -2.05. The lowest BCUT2D eigenvalue weighted by molar-refractivity contribution is -0.121. The monoisotopic (exact) mass is 372 g/mol. The minimum atomic E-state index is -3.68. The van der Waals surface area contributed by atoms with Gasteiger partial charge in [-0.25, -0.2) is 13.6 Å². The van der Waals surface area contributed by atoms with Gasteiger partial charge >= 0.3 is 0 Å². The van der Waals surface area contributed by atoms with Crippen molar-refractivity contribution in [2.24, 2.45) is 5.14 Å². The van der Waals surface area contributed by atoms with Crippen LogP contribution in [0, 0.1) is 6.92 Å². The lowest BCUT2D eigenvalue weighted by atomic mass is 10.1. The van der Waals surface area contributed by atoms with Gasteiger partial charge in [0.2, 0.25) is 15.9 Å². The molecule has 0 aliphatic carbocycles. The van der Waals surface area contributed by atoms with Crippen LogP contribution in [-0.2, 0) is 27.8 Å². The molecule has 0 saturated carbocycles. The van der Waals surface area contributed by atoms with Crippen molar-refractivity contribution in [3.05, 3.63) is 51.4 Å². The normalized spacial score (nSPS) is 11.4. The fourth-order valence-electron chi connectivity index (χ4n) is 1.93. The van der Waals surface area contributed by atoms with Crippen LogP contribution in [-0.4, -0.2) is 14.3 Å². The molecule has 0 fully saturated rings. The van der Waals surface area contributed by atoms with Gasteiger partial charge in [-0.3, -0.25) is 4.79 Å². The molecule has 3 N–H and O–H groups in total. The molecule has 1 aromatic carbocycles. The first-order valence-electron chi connectivity index (χ1n) is 6.89. The number of benzene rings is 1. The van der Waals surface area contributed by atoms with E-state index < -0.39 is 10.0 Å². The molecule has 0 bridgehead atoms. The highest BCUT2D eigenvalue weighted by molar-refractivity contribution is 7.91.